The van der Waals surface area contributed by atoms with Crippen LogP contribution >= 0.6 is 23.2 Å². The van der Waals surface area contributed by atoms with Crippen molar-refractivity contribution in [2.75, 3.05) is 0 Å². The SMILES string of the molecule is Cc1cc(Cc2cc(Cl)c(O)c(Cl)c2)c2ccccc2c1O. The van der Waals surface area contributed by atoms with Gasteiger partial charge in [-0.1, -0.05) is 53.5 Å². The number of aromatic hydroxyl groups is 2. The van der Waals surface area contributed by atoms with Crippen LogP contribution in [0.2, 0.25) is 10.0 Å². The zero-order chi connectivity index (χ0) is 15.9. The second kappa shape index (κ2) is 5.71. The molecule has 0 aromatic heterocycles. The van der Waals surface area contributed by atoms with Crippen LogP contribution < -0.4 is 0 Å². The first-order valence-electron chi connectivity index (χ1n) is 6.84. The molecule has 0 saturated heterocycles. The van der Waals surface area contributed by atoms with E-state index in [1.807, 2.05) is 37.3 Å². The summed E-state index contributed by atoms with van der Waals surface area (Å²) in [5.41, 5.74) is 2.80. The van der Waals surface area contributed by atoms with Crippen LogP contribution in [-0.2, 0) is 6.42 Å². The van der Waals surface area contributed by atoms with E-state index in [9.17, 15) is 10.2 Å². The van der Waals surface area contributed by atoms with E-state index in [4.69, 9.17) is 23.2 Å². The van der Waals surface area contributed by atoms with E-state index in [2.05, 4.69) is 0 Å². The molecule has 2 N–H and O–H groups in total. The molecule has 0 bridgehead atoms. The Morgan fingerprint density at radius 3 is 2.09 bits per heavy atom. The first-order valence-corrected chi connectivity index (χ1v) is 7.60. The Morgan fingerprint density at radius 1 is 0.864 bits per heavy atom. The van der Waals surface area contributed by atoms with Gasteiger partial charge in [0.2, 0.25) is 0 Å². The third-order valence-corrected chi connectivity index (χ3v) is 4.34. The first kappa shape index (κ1) is 15.0. The molecule has 0 unspecified atom stereocenters. The highest BCUT2D eigenvalue weighted by molar-refractivity contribution is 6.37. The third kappa shape index (κ3) is 2.60. The molecule has 0 fully saturated rings. The Hall–Kier alpha value is -1.90. The predicted octanol–water partition coefficient (Wildman–Crippen LogP) is 5.46. The molecular weight excluding hydrogens is 319 g/mol. The van der Waals surface area contributed by atoms with Crippen LogP contribution in [0.15, 0.2) is 42.5 Å². The van der Waals surface area contributed by atoms with E-state index < -0.39 is 0 Å². The highest BCUT2D eigenvalue weighted by atomic mass is 35.5. The molecule has 22 heavy (non-hydrogen) atoms. The quantitative estimate of drug-likeness (QED) is 0.654. The van der Waals surface area contributed by atoms with Gasteiger partial charge in [0.05, 0.1) is 10.0 Å². The number of phenols is 2. The predicted molar refractivity (Wildman–Crippen MR) is 91.3 cm³/mol. The normalized spacial score (nSPS) is 11.0. The number of fused-ring (bicyclic) bond motifs is 1. The Kier molecular flexibility index (Phi) is 3.90. The minimum atomic E-state index is -0.0983. The number of hydrogen-bond acceptors (Lipinski definition) is 2. The van der Waals surface area contributed by atoms with Gasteiger partial charge < -0.3 is 10.2 Å². The fraction of sp³-hybridized carbons (Fsp3) is 0.111. The minimum absolute atomic E-state index is 0.0983. The molecule has 0 aliphatic heterocycles. The van der Waals surface area contributed by atoms with Gasteiger partial charge in [-0.25, -0.2) is 0 Å². The van der Waals surface area contributed by atoms with Gasteiger partial charge in [-0.05, 0) is 47.6 Å². The van der Waals surface area contributed by atoms with Crippen molar-refractivity contribution in [2.24, 2.45) is 0 Å². The molecule has 0 saturated carbocycles. The first-order chi connectivity index (χ1) is 10.5. The maximum atomic E-state index is 10.2. The Labute approximate surface area is 138 Å². The lowest BCUT2D eigenvalue weighted by molar-refractivity contribution is 0.475. The van der Waals surface area contributed by atoms with Gasteiger partial charge in [0, 0.05) is 5.39 Å². The van der Waals surface area contributed by atoms with Crippen molar-refractivity contribution in [3.8, 4) is 11.5 Å². The molecule has 3 rings (SSSR count). The number of halogens is 2. The molecule has 0 aliphatic carbocycles. The lowest BCUT2D eigenvalue weighted by Gasteiger charge is -2.12. The molecule has 0 heterocycles. The molecule has 0 radical (unpaired) electrons. The fourth-order valence-corrected chi connectivity index (χ4v) is 3.21. The molecular formula is C18H14Cl2O2. The van der Waals surface area contributed by atoms with Crippen LogP contribution in [0.5, 0.6) is 11.5 Å². The minimum Gasteiger partial charge on any atom is -0.507 e. The summed E-state index contributed by atoms with van der Waals surface area (Å²) in [5.74, 6) is 0.208. The summed E-state index contributed by atoms with van der Waals surface area (Å²) in [5, 5.41) is 22.1. The highest BCUT2D eigenvalue weighted by Gasteiger charge is 2.11. The molecule has 112 valence electrons. The number of rotatable bonds is 2. The van der Waals surface area contributed by atoms with Gasteiger partial charge in [-0.15, -0.1) is 0 Å². The van der Waals surface area contributed by atoms with Gasteiger partial charge in [-0.2, -0.15) is 0 Å². The second-order valence-corrected chi connectivity index (χ2v) is 6.15. The van der Waals surface area contributed by atoms with Crippen LogP contribution in [-0.4, -0.2) is 10.2 Å². The summed E-state index contributed by atoms with van der Waals surface area (Å²) >= 11 is 12.0. The maximum absolute atomic E-state index is 10.2. The number of phenolic OH excluding ortho intramolecular Hbond substituents is 2. The van der Waals surface area contributed by atoms with Crippen molar-refractivity contribution in [1.29, 1.82) is 0 Å². The lowest BCUT2D eigenvalue weighted by atomic mass is 9.95. The number of hydrogen-bond donors (Lipinski definition) is 2. The summed E-state index contributed by atoms with van der Waals surface area (Å²) in [6, 6.07) is 13.1. The summed E-state index contributed by atoms with van der Waals surface area (Å²) < 4.78 is 0. The largest absolute Gasteiger partial charge is 0.507 e. The monoisotopic (exact) mass is 332 g/mol. The van der Waals surface area contributed by atoms with Crippen molar-refractivity contribution in [3.63, 3.8) is 0 Å². The molecule has 3 aromatic rings. The standard InChI is InChI=1S/C18H14Cl2O2/c1-10-6-12(13-4-2-3-5-14(13)17(10)21)7-11-8-15(19)18(22)16(20)9-11/h2-6,8-9,21-22H,7H2,1H3. The molecule has 0 amide bonds. The summed E-state index contributed by atoms with van der Waals surface area (Å²) in [6.07, 6.45) is 0.612. The smallest absolute Gasteiger partial charge is 0.152 e. The van der Waals surface area contributed by atoms with Crippen molar-refractivity contribution in [2.45, 2.75) is 13.3 Å². The molecule has 0 aliphatic rings. The van der Waals surface area contributed by atoms with Gasteiger partial charge >= 0.3 is 0 Å². The average Bonchev–Trinajstić information content (AvgIpc) is 2.50. The maximum Gasteiger partial charge on any atom is 0.152 e. The summed E-state index contributed by atoms with van der Waals surface area (Å²) in [7, 11) is 0. The Morgan fingerprint density at radius 2 is 1.45 bits per heavy atom. The van der Waals surface area contributed by atoms with Crippen LogP contribution in [0.4, 0.5) is 0 Å². The van der Waals surface area contributed by atoms with Crippen LogP contribution in [0.25, 0.3) is 10.8 Å². The van der Waals surface area contributed by atoms with E-state index in [0.717, 1.165) is 27.5 Å². The molecule has 3 aromatic carbocycles. The zero-order valence-electron chi connectivity index (χ0n) is 11.9. The van der Waals surface area contributed by atoms with Gasteiger partial charge in [0.15, 0.2) is 5.75 Å². The summed E-state index contributed by atoms with van der Waals surface area (Å²) in [6.45, 7) is 1.88. The summed E-state index contributed by atoms with van der Waals surface area (Å²) in [4.78, 5) is 0. The van der Waals surface area contributed by atoms with Gasteiger partial charge in [-0.3, -0.25) is 0 Å². The molecule has 2 nitrogen and oxygen atoms in total. The second-order valence-electron chi connectivity index (χ2n) is 5.33. The van der Waals surface area contributed by atoms with E-state index in [1.54, 1.807) is 12.1 Å². The molecule has 4 heteroatoms. The average molecular weight is 333 g/mol. The number of aryl methyl sites for hydroxylation is 1. The topological polar surface area (TPSA) is 40.5 Å². The van der Waals surface area contributed by atoms with E-state index in [-0.39, 0.29) is 15.8 Å². The van der Waals surface area contributed by atoms with Crippen molar-refractivity contribution >= 4 is 34.0 Å². The third-order valence-electron chi connectivity index (χ3n) is 3.76. The van der Waals surface area contributed by atoms with E-state index in [1.165, 1.54) is 0 Å². The van der Waals surface area contributed by atoms with Crippen LogP contribution in [0.3, 0.4) is 0 Å². The highest BCUT2D eigenvalue weighted by Crippen LogP contribution is 2.36. The van der Waals surface area contributed by atoms with Gasteiger partial charge in [0.1, 0.15) is 5.75 Å². The molecule has 0 spiro atoms. The van der Waals surface area contributed by atoms with Crippen molar-refractivity contribution in [3.05, 3.63) is 69.2 Å². The van der Waals surface area contributed by atoms with Gasteiger partial charge in [0.25, 0.3) is 0 Å². The van der Waals surface area contributed by atoms with Crippen LogP contribution in [0, 0.1) is 6.92 Å². The van der Waals surface area contributed by atoms with E-state index >= 15 is 0 Å². The zero-order valence-corrected chi connectivity index (χ0v) is 13.4. The van der Waals surface area contributed by atoms with Crippen molar-refractivity contribution < 1.29 is 10.2 Å². The fourth-order valence-electron chi connectivity index (χ4n) is 2.68. The van der Waals surface area contributed by atoms with Crippen LogP contribution in [0.1, 0.15) is 16.7 Å². The Balaban J connectivity index is 2.14. The number of benzene rings is 3. The van der Waals surface area contributed by atoms with Crippen molar-refractivity contribution in [1.82, 2.24) is 0 Å². The Bertz CT molecular complexity index is 849. The lowest BCUT2D eigenvalue weighted by Crippen LogP contribution is -1.93. The van der Waals surface area contributed by atoms with E-state index in [0.29, 0.717) is 12.2 Å². The molecule has 0 atom stereocenters.